The Balaban J connectivity index is 1.78. The number of benzene rings is 2. The molecule has 8 heteroatoms. The molecule has 0 atom stereocenters. The standard InChI is InChI=1S/C19H20ClNO5S/c1-27(24,25)13-15-3-2-4-16(11-15)19(23)26-12-18(22)21-10-9-14-5-7-17(20)8-6-14/h2-8,11H,9-10,12-13H2,1H3,(H,21,22). The van der Waals surface area contributed by atoms with Gasteiger partial charge in [-0.25, -0.2) is 13.2 Å². The van der Waals surface area contributed by atoms with Crippen LogP contribution >= 0.6 is 11.6 Å². The fraction of sp³-hybridized carbons (Fsp3) is 0.263. The van der Waals surface area contributed by atoms with E-state index >= 15 is 0 Å². The van der Waals surface area contributed by atoms with Crippen LogP contribution in [-0.4, -0.2) is 39.7 Å². The lowest BCUT2D eigenvalue weighted by Crippen LogP contribution is -2.30. The number of sulfone groups is 1. The van der Waals surface area contributed by atoms with Crippen molar-refractivity contribution in [2.75, 3.05) is 19.4 Å². The Morgan fingerprint density at radius 3 is 2.44 bits per heavy atom. The summed E-state index contributed by atoms with van der Waals surface area (Å²) in [6.07, 6.45) is 1.75. The van der Waals surface area contributed by atoms with E-state index in [-0.39, 0.29) is 11.3 Å². The fourth-order valence-electron chi connectivity index (χ4n) is 2.35. The van der Waals surface area contributed by atoms with Crippen LogP contribution < -0.4 is 5.32 Å². The Morgan fingerprint density at radius 1 is 1.07 bits per heavy atom. The second kappa shape index (κ2) is 9.53. The third-order valence-electron chi connectivity index (χ3n) is 3.57. The van der Waals surface area contributed by atoms with E-state index in [1.807, 2.05) is 12.1 Å². The van der Waals surface area contributed by atoms with Gasteiger partial charge < -0.3 is 10.1 Å². The van der Waals surface area contributed by atoms with Crippen molar-refractivity contribution in [2.45, 2.75) is 12.2 Å². The van der Waals surface area contributed by atoms with Crippen molar-refractivity contribution < 1.29 is 22.7 Å². The molecular formula is C19H20ClNO5S. The molecule has 2 aromatic carbocycles. The molecule has 2 rings (SSSR count). The van der Waals surface area contributed by atoms with Crippen molar-refractivity contribution in [3.63, 3.8) is 0 Å². The lowest BCUT2D eigenvalue weighted by atomic mass is 10.1. The van der Waals surface area contributed by atoms with Crippen LogP contribution in [0.4, 0.5) is 0 Å². The molecule has 0 fully saturated rings. The van der Waals surface area contributed by atoms with Crippen molar-refractivity contribution in [3.8, 4) is 0 Å². The minimum atomic E-state index is -3.20. The van der Waals surface area contributed by atoms with E-state index in [0.717, 1.165) is 11.8 Å². The maximum absolute atomic E-state index is 12.0. The SMILES string of the molecule is CS(=O)(=O)Cc1cccc(C(=O)OCC(=O)NCCc2ccc(Cl)cc2)c1. The van der Waals surface area contributed by atoms with Crippen LogP contribution in [0.3, 0.4) is 0 Å². The van der Waals surface area contributed by atoms with Gasteiger partial charge in [0.25, 0.3) is 5.91 Å². The average Bonchev–Trinajstić information content (AvgIpc) is 2.60. The zero-order valence-corrected chi connectivity index (χ0v) is 16.3. The molecule has 2 aromatic rings. The summed E-state index contributed by atoms with van der Waals surface area (Å²) < 4.78 is 27.7. The Morgan fingerprint density at radius 2 is 1.78 bits per heavy atom. The number of rotatable bonds is 8. The molecule has 0 bridgehead atoms. The van der Waals surface area contributed by atoms with Crippen LogP contribution in [0, 0.1) is 0 Å². The average molecular weight is 410 g/mol. The van der Waals surface area contributed by atoms with Gasteiger partial charge in [-0.3, -0.25) is 4.79 Å². The highest BCUT2D eigenvalue weighted by molar-refractivity contribution is 7.89. The summed E-state index contributed by atoms with van der Waals surface area (Å²) in [5, 5.41) is 3.32. The van der Waals surface area contributed by atoms with Crippen LogP contribution in [0.15, 0.2) is 48.5 Å². The second-order valence-electron chi connectivity index (χ2n) is 6.07. The highest BCUT2D eigenvalue weighted by atomic mass is 35.5. The minimum absolute atomic E-state index is 0.167. The zero-order chi connectivity index (χ0) is 19.9. The highest BCUT2D eigenvalue weighted by Gasteiger charge is 2.12. The van der Waals surface area contributed by atoms with E-state index in [9.17, 15) is 18.0 Å². The summed E-state index contributed by atoms with van der Waals surface area (Å²) in [6.45, 7) is -0.00237. The lowest BCUT2D eigenvalue weighted by molar-refractivity contribution is -0.124. The normalized spacial score (nSPS) is 11.0. The predicted octanol–water partition coefficient (Wildman–Crippen LogP) is 2.40. The monoisotopic (exact) mass is 409 g/mol. The second-order valence-corrected chi connectivity index (χ2v) is 8.65. The van der Waals surface area contributed by atoms with Crippen LogP contribution in [0.1, 0.15) is 21.5 Å². The van der Waals surface area contributed by atoms with Crippen molar-refractivity contribution in [3.05, 3.63) is 70.2 Å². The molecule has 0 saturated heterocycles. The van der Waals surface area contributed by atoms with Gasteiger partial charge in [0, 0.05) is 17.8 Å². The first kappa shape index (κ1) is 20.9. The number of amides is 1. The summed E-state index contributed by atoms with van der Waals surface area (Å²) in [5.74, 6) is -1.26. The van der Waals surface area contributed by atoms with E-state index in [4.69, 9.17) is 16.3 Å². The molecular weight excluding hydrogens is 390 g/mol. The molecule has 1 N–H and O–H groups in total. The first-order valence-corrected chi connectivity index (χ1v) is 10.6. The summed E-state index contributed by atoms with van der Waals surface area (Å²) in [6, 6.07) is 13.4. The number of halogens is 1. The number of esters is 1. The number of nitrogens with one attached hydrogen (secondary N) is 1. The number of carbonyl (C=O) groups is 2. The van der Waals surface area contributed by atoms with Crippen molar-refractivity contribution >= 4 is 33.3 Å². The van der Waals surface area contributed by atoms with Crippen LogP contribution in [0.2, 0.25) is 5.02 Å². The third kappa shape index (κ3) is 7.80. The van der Waals surface area contributed by atoms with Gasteiger partial charge in [0.15, 0.2) is 16.4 Å². The number of carbonyl (C=O) groups excluding carboxylic acids is 2. The van der Waals surface area contributed by atoms with Crippen LogP contribution in [0.25, 0.3) is 0 Å². The van der Waals surface area contributed by atoms with E-state index in [0.29, 0.717) is 23.6 Å². The minimum Gasteiger partial charge on any atom is -0.452 e. The van der Waals surface area contributed by atoms with Gasteiger partial charge in [-0.2, -0.15) is 0 Å². The van der Waals surface area contributed by atoms with E-state index in [1.165, 1.54) is 12.1 Å². The fourth-order valence-corrected chi connectivity index (χ4v) is 3.26. The van der Waals surface area contributed by atoms with Gasteiger partial charge in [0.2, 0.25) is 0 Å². The molecule has 0 aliphatic heterocycles. The summed E-state index contributed by atoms with van der Waals surface area (Å²) >= 11 is 5.81. The molecule has 144 valence electrons. The molecule has 0 aliphatic rings. The molecule has 0 heterocycles. The van der Waals surface area contributed by atoms with E-state index < -0.39 is 28.3 Å². The number of hydrogen-bond acceptors (Lipinski definition) is 5. The quantitative estimate of drug-likeness (QED) is 0.676. The molecule has 0 unspecified atom stereocenters. The largest absolute Gasteiger partial charge is 0.452 e. The Labute approximate surface area is 163 Å². The van der Waals surface area contributed by atoms with Crippen molar-refractivity contribution in [2.24, 2.45) is 0 Å². The first-order chi connectivity index (χ1) is 12.7. The lowest BCUT2D eigenvalue weighted by Gasteiger charge is -2.08. The number of ether oxygens (including phenoxy) is 1. The smallest absolute Gasteiger partial charge is 0.338 e. The topological polar surface area (TPSA) is 89.5 Å². The molecule has 0 saturated carbocycles. The first-order valence-electron chi connectivity index (χ1n) is 8.18. The Hall–Kier alpha value is -2.38. The van der Waals surface area contributed by atoms with Gasteiger partial charge in [0.1, 0.15) is 0 Å². The van der Waals surface area contributed by atoms with Gasteiger partial charge in [-0.15, -0.1) is 0 Å². The maximum Gasteiger partial charge on any atom is 0.338 e. The summed E-state index contributed by atoms with van der Waals surface area (Å²) in [7, 11) is -3.20. The molecule has 0 aromatic heterocycles. The molecule has 0 radical (unpaired) electrons. The Bertz CT molecular complexity index is 910. The van der Waals surface area contributed by atoms with Gasteiger partial charge >= 0.3 is 5.97 Å². The van der Waals surface area contributed by atoms with Crippen molar-refractivity contribution in [1.29, 1.82) is 0 Å². The third-order valence-corrected chi connectivity index (χ3v) is 4.68. The highest BCUT2D eigenvalue weighted by Crippen LogP contribution is 2.11. The molecule has 0 aliphatic carbocycles. The molecule has 0 spiro atoms. The number of hydrogen-bond donors (Lipinski definition) is 1. The van der Waals surface area contributed by atoms with E-state index in [2.05, 4.69) is 5.32 Å². The Kier molecular flexibility index (Phi) is 7.38. The summed E-state index contributed by atoms with van der Waals surface area (Å²) in [4.78, 5) is 23.8. The molecule has 1 amide bonds. The van der Waals surface area contributed by atoms with Gasteiger partial charge in [-0.1, -0.05) is 35.9 Å². The summed E-state index contributed by atoms with van der Waals surface area (Å²) in [5.41, 5.74) is 1.71. The van der Waals surface area contributed by atoms with Crippen molar-refractivity contribution in [1.82, 2.24) is 5.32 Å². The zero-order valence-electron chi connectivity index (χ0n) is 14.8. The van der Waals surface area contributed by atoms with Crippen LogP contribution in [-0.2, 0) is 31.5 Å². The van der Waals surface area contributed by atoms with Gasteiger partial charge in [0.05, 0.1) is 11.3 Å². The van der Waals surface area contributed by atoms with E-state index in [1.54, 1.807) is 24.3 Å². The molecule has 27 heavy (non-hydrogen) atoms. The van der Waals surface area contributed by atoms with Gasteiger partial charge in [-0.05, 0) is 41.8 Å². The maximum atomic E-state index is 12.0. The predicted molar refractivity (Wildman–Crippen MR) is 103 cm³/mol. The van der Waals surface area contributed by atoms with Crippen LogP contribution in [0.5, 0.6) is 0 Å². The molecule has 6 nitrogen and oxygen atoms in total.